The fourth-order valence-electron chi connectivity index (χ4n) is 3.13. The molecule has 2 heterocycles. The lowest BCUT2D eigenvalue weighted by atomic mass is 9.90. The van der Waals surface area contributed by atoms with Crippen molar-refractivity contribution in [2.75, 3.05) is 32.1 Å². The molecular formula is C19H23N3O. The Hall–Kier alpha value is -2.36. The molecule has 1 amide bonds. The third-order valence-electron chi connectivity index (χ3n) is 4.43. The van der Waals surface area contributed by atoms with Gasteiger partial charge in [0, 0.05) is 44.9 Å². The van der Waals surface area contributed by atoms with Gasteiger partial charge in [-0.15, -0.1) is 0 Å². The van der Waals surface area contributed by atoms with Crippen molar-refractivity contribution in [1.82, 2.24) is 9.88 Å². The second kappa shape index (κ2) is 6.82. The van der Waals surface area contributed by atoms with E-state index in [0.29, 0.717) is 5.92 Å². The Morgan fingerprint density at radius 3 is 2.74 bits per heavy atom. The first-order chi connectivity index (χ1) is 11.1. The predicted octanol–water partition coefficient (Wildman–Crippen LogP) is 3.17. The van der Waals surface area contributed by atoms with Gasteiger partial charge in [-0.2, -0.15) is 0 Å². The highest BCUT2D eigenvalue weighted by Gasteiger charge is 2.25. The number of benzene rings is 1. The maximum Gasteiger partial charge on any atom is 0.253 e. The summed E-state index contributed by atoms with van der Waals surface area (Å²) in [6.45, 7) is 1.63. The molecule has 3 rings (SSSR count). The summed E-state index contributed by atoms with van der Waals surface area (Å²) in [5.74, 6) is 1.49. The Labute approximate surface area is 137 Å². The monoisotopic (exact) mass is 309 g/mol. The van der Waals surface area contributed by atoms with Crippen molar-refractivity contribution in [1.29, 1.82) is 0 Å². The van der Waals surface area contributed by atoms with E-state index >= 15 is 0 Å². The summed E-state index contributed by atoms with van der Waals surface area (Å²) in [6.07, 6.45) is 4.03. The molecule has 0 spiro atoms. The Bertz CT molecular complexity index is 669. The molecule has 1 aromatic carbocycles. The summed E-state index contributed by atoms with van der Waals surface area (Å²) in [5, 5.41) is 0. The minimum absolute atomic E-state index is 0.136. The summed E-state index contributed by atoms with van der Waals surface area (Å²) >= 11 is 0. The van der Waals surface area contributed by atoms with E-state index in [9.17, 15) is 4.79 Å². The van der Waals surface area contributed by atoms with E-state index in [1.807, 2.05) is 60.4 Å². The molecule has 1 aliphatic heterocycles. The summed E-state index contributed by atoms with van der Waals surface area (Å²) < 4.78 is 0. The number of amides is 1. The van der Waals surface area contributed by atoms with Gasteiger partial charge in [0.1, 0.15) is 5.82 Å². The molecule has 0 radical (unpaired) electrons. The molecule has 120 valence electrons. The quantitative estimate of drug-likeness (QED) is 0.874. The van der Waals surface area contributed by atoms with E-state index in [4.69, 9.17) is 0 Å². The molecule has 0 saturated carbocycles. The van der Waals surface area contributed by atoms with Crippen LogP contribution in [0.15, 0.2) is 48.7 Å². The minimum atomic E-state index is 0.136. The van der Waals surface area contributed by atoms with Gasteiger partial charge in [-0.1, -0.05) is 18.2 Å². The van der Waals surface area contributed by atoms with E-state index in [0.717, 1.165) is 37.3 Å². The smallest absolute Gasteiger partial charge is 0.253 e. The molecule has 1 atom stereocenters. The maximum absolute atomic E-state index is 12.7. The number of piperidine rings is 1. The van der Waals surface area contributed by atoms with Crippen LogP contribution >= 0.6 is 0 Å². The van der Waals surface area contributed by atoms with Gasteiger partial charge in [0.2, 0.25) is 0 Å². The molecule has 1 aromatic heterocycles. The van der Waals surface area contributed by atoms with Crippen LogP contribution in [0.25, 0.3) is 0 Å². The zero-order valence-corrected chi connectivity index (χ0v) is 13.8. The number of nitrogens with zero attached hydrogens (tertiary/aromatic N) is 3. The predicted molar refractivity (Wildman–Crippen MR) is 92.9 cm³/mol. The average Bonchev–Trinajstić information content (AvgIpc) is 2.62. The van der Waals surface area contributed by atoms with Gasteiger partial charge in [-0.3, -0.25) is 4.79 Å². The van der Waals surface area contributed by atoms with E-state index in [1.54, 1.807) is 0 Å². The Kier molecular flexibility index (Phi) is 4.60. The molecular weight excluding hydrogens is 286 g/mol. The molecule has 0 aliphatic carbocycles. The van der Waals surface area contributed by atoms with Crippen molar-refractivity contribution in [3.63, 3.8) is 0 Å². The van der Waals surface area contributed by atoms with Gasteiger partial charge in [-0.25, -0.2) is 4.98 Å². The topological polar surface area (TPSA) is 36.4 Å². The zero-order valence-electron chi connectivity index (χ0n) is 13.8. The lowest BCUT2D eigenvalue weighted by Gasteiger charge is -2.33. The number of hydrogen-bond donors (Lipinski definition) is 0. The van der Waals surface area contributed by atoms with E-state index < -0.39 is 0 Å². The first kappa shape index (κ1) is 15.5. The molecule has 1 saturated heterocycles. The van der Waals surface area contributed by atoms with E-state index in [1.165, 1.54) is 5.56 Å². The van der Waals surface area contributed by atoms with Gasteiger partial charge in [-0.05, 0) is 42.7 Å². The minimum Gasteiger partial charge on any atom is -0.363 e. The van der Waals surface area contributed by atoms with Gasteiger partial charge >= 0.3 is 0 Å². The van der Waals surface area contributed by atoms with Crippen LogP contribution in [0.4, 0.5) is 5.82 Å². The number of anilines is 1. The van der Waals surface area contributed by atoms with Crippen LogP contribution < -0.4 is 4.90 Å². The number of carbonyl (C=O) groups excluding carboxylic acids is 1. The summed E-state index contributed by atoms with van der Waals surface area (Å²) in [6, 6.07) is 13.8. The summed E-state index contributed by atoms with van der Waals surface area (Å²) in [4.78, 5) is 21.0. The molecule has 4 nitrogen and oxygen atoms in total. The van der Waals surface area contributed by atoms with Crippen LogP contribution in [-0.2, 0) is 0 Å². The van der Waals surface area contributed by atoms with Crippen molar-refractivity contribution < 1.29 is 4.79 Å². The molecule has 4 heteroatoms. The number of pyridine rings is 1. The highest BCUT2D eigenvalue weighted by atomic mass is 16.2. The Balaban J connectivity index is 1.76. The van der Waals surface area contributed by atoms with Crippen LogP contribution in [0.2, 0.25) is 0 Å². The first-order valence-electron chi connectivity index (χ1n) is 8.13. The van der Waals surface area contributed by atoms with Crippen LogP contribution in [0.5, 0.6) is 0 Å². The Morgan fingerprint density at radius 1 is 1.22 bits per heavy atom. The number of rotatable bonds is 3. The second-order valence-corrected chi connectivity index (χ2v) is 6.30. The standard InChI is InChI=1S/C19H23N3O/c1-21(2)18-13-16(10-11-20-18)17-9-6-12-22(14-17)19(23)15-7-4-3-5-8-15/h3-5,7-8,10-11,13,17H,6,9,12,14H2,1-2H3. The van der Waals surface area contributed by atoms with Crippen LogP contribution in [0.1, 0.15) is 34.7 Å². The van der Waals surface area contributed by atoms with Crippen molar-refractivity contribution in [3.05, 3.63) is 59.8 Å². The van der Waals surface area contributed by atoms with Crippen LogP contribution in [0.3, 0.4) is 0 Å². The largest absolute Gasteiger partial charge is 0.363 e. The lowest BCUT2D eigenvalue weighted by molar-refractivity contribution is 0.0707. The molecule has 1 unspecified atom stereocenters. The fraction of sp³-hybridized carbons (Fsp3) is 0.368. The second-order valence-electron chi connectivity index (χ2n) is 6.30. The van der Waals surface area contributed by atoms with Gasteiger partial charge in [0.25, 0.3) is 5.91 Å². The number of aromatic nitrogens is 1. The molecule has 0 N–H and O–H groups in total. The van der Waals surface area contributed by atoms with Gasteiger partial charge < -0.3 is 9.80 Å². The number of likely N-dealkylation sites (tertiary alicyclic amines) is 1. The SMILES string of the molecule is CN(C)c1cc(C2CCCN(C(=O)c3ccccc3)C2)ccn1. The van der Waals surface area contributed by atoms with Crippen molar-refractivity contribution in [3.8, 4) is 0 Å². The highest BCUT2D eigenvalue weighted by Crippen LogP contribution is 2.29. The van der Waals surface area contributed by atoms with Crippen LogP contribution in [-0.4, -0.2) is 43.0 Å². The van der Waals surface area contributed by atoms with E-state index in [-0.39, 0.29) is 5.91 Å². The molecule has 1 fully saturated rings. The Morgan fingerprint density at radius 2 is 2.00 bits per heavy atom. The van der Waals surface area contributed by atoms with Crippen molar-refractivity contribution >= 4 is 11.7 Å². The normalized spacial score (nSPS) is 17.8. The van der Waals surface area contributed by atoms with Crippen molar-refractivity contribution in [2.45, 2.75) is 18.8 Å². The first-order valence-corrected chi connectivity index (χ1v) is 8.13. The summed E-state index contributed by atoms with van der Waals surface area (Å²) in [7, 11) is 4.00. The highest BCUT2D eigenvalue weighted by molar-refractivity contribution is 5.94. The average molecular weight is 309 g/mol. The lowest BCUT2D eigenvalue weighted by Crippen LogP contribution is -2.39. The molecule has 2 aromatic rings. The molecule has 1 aliphatic rings. The van der Waals surface area contributed by atoms with E-state index in [2.05, 4.69) is 17.1 Å². The maximum atomic E-state index is 12.7. The third kappa shape index (κ3) is 3.52. The number of carbonyl (C=O) groups is 1. The third-order valence-corrected chi connectivity index (χ3v) is 4.43. The van der Waals surface area contributed by atoms with Gasteiger partial charge in [0.15, 0.2) is 0 Å². The van der Waals surface area contributed by atoms with Crippen LogP contribution in [0, 0.1) is 0 Å². The summed E-state index contributed by atoms with van der Waals surface area (Å²) in [5.41, 5.74) is 2.05. The van der Waals surface area contributed by atoms with Gasteiger partial charge in [0.05, 0.1) is 0 Å². The zero-order chi connectivity index (χ0) is 16.2. The van der Waals surface area contributed by atoms with Crippen molar-refractivity contribution in [2.24, 2.45) is 0 Å². The fourth-order valence-corrected chi connectivity index (χ4v) is 3.13. The number of hydrogen-bond acceptors (Lipinski definition) is 3. The molecule has 0 bridgehead atoms. The molecule has 23 heavy (non-hydrogen) atoms.